The fourth-order valence-corrected chi connectivity index (χ4v) is 4.40. The summed E-state index contributed by atoms with van der Waals surface area (Å²) < 4.78 is 102. The van der Waals surface area contributed by atoms with Crippen LogP contribution in [-0.4, -0.2) is 24.7 Å². The topological polar surface area (TPSA) is 0 Å². The molecule has 0 unspecified atom stereocenters. The molecule has 1 aromatic rings. The van der Waals surface area contributed by atoms with Crippen LogP contribution in [0.2, 0.25) is 0 Å². The van der Waals surface area contributed by atoms with Crippen LogP contribution < -0.4 is 5.30 Å². The van der Waals surface area contributed by atoms with Gasteiger partial charge in [0, 0.05) is 0 Å². The van der Waals surface area contributed by atoms with E-state index in [1.807, 2.05) is 0 Å². The molecule has 0 N–H and O–H groups in total. The molecule has 0 aliphatic heterocycles. The first-order valence-corrected chi connectivity index (χ1v) is 7.33. The summed E-state index contributed by atoms with van der Waals surface area (Å²) in [4.78, 5) is 0. The van der Waals surface area contributed by atoms with Crippen molar-refractivity contribution in [2.24, 2.45) is 0 Å². The Morgan fingerprint density at radius 1 is 0.737 bits per heavy atom. The third-order valence-electron chi connectivity index (χ3n) is 2.30. The van der Waals surface area contributed by atoms with Gasteiger partial charge in [-0.05, 0) is 0 Å². The van der Waals surface area contributed by atoms with Crippen LogP contribution in [0.3, 0.4) is 0 Å². The molecule has 9 heteroatoms. The van der Waals surface area contributed by atoms with Gasteiger partial charge in [-0.3, -0.25) is 0 Å². The van der Waals surface area contributed by atoms with Crippen molar-refractivity contribution >= 4 is 12.5 Å². The first-order valence-electron chi connectivity index (χ1n) is 4.95. The molecular formula is C10H9F8P. The van der Waals surface area contributed by atoms with Crippen molar-refractivity contribution in [3.8, 4) is 0 Å². The first-order chi connectivity index (χ1) is 8.31. The van der Waals surface area contributed by atoms with Crippen LogP contribution in [0, 0.1) is 0 Å². The van der Waals surface area contributed by atoms with Gasteiger partial charge >= 0.3 is 102 Å². The van der Waals surface area contributed by atoms with Gasteiger partial charge in [0.15, 0.2) is 0 Å². The Bertz CT molecular complexity index is 413. The maximum atomic E-state index is 14.2. The Balaban J connectivity index is 3.32. The molecule has 0 radical (unpaired) electrons. The average Bonchev–Trinajstić information content (AvgIpc) is 2.11. The van der Waals surface area contributed by atoms with Crippen molar-refractivity contribution in [1.82, 2.24) is 0 Å². The standard InChI is InChI=1S/C10H9F8P/c11-9(12,13)6-19(17,18,7-10(14,15)16)8-4-2-1-3-5-8/h1-5H,6-7H2. The number of benzene rings is 1. The molecule has 0 atom stereocenters. The zero-order valence-corrected chi connectivity index (χ0v) is 10.2. The average molecular weight is 312 g/mol. The third-order valence-corrected chi connectivity index (χ3v) is 5.67. The Morgan fingerprint density at radius 3 is 1.42 bits per heavy atom. The molecule has 0 bridgehead atoms. The molecule has 0 spiro atoms. The van der Waals surface area contributed by atoms with E-state index in [1.54, 1.807) is 0 Å². The Labute approximate surface area is 103 Å². The maximum absolute atomic E-state index is 14.2. The number of hydrogen-bond donors (Lipinski definition) is 0. The molecule has 0 heterocycles. The second-order valence-corrected chi connectivity index (χ2v) is 7.78. The minimum atomic E-state index is -7.13. The van der Waals surface area contributed by atoms with Crippen LogP contribution in [-0.2, 0) is 0 Å². The van der Waals surface area contributed by atoms with Gasteiger partial charge in [-0.15, -0.1) is 0 Å². The minimum absolute atomic E-state index is 0.606. The quantitative estimate of drug-likeness (QED) is 0.558. The molecule has 0 fully saturated rings. The second-order valence-electron chi connectivity index (χ2n) is 4.13. The van der Waals surface area contributed by atoms with E-state index in [-0.39, 0.29) is 0 Å². The summed E-state index contributed by atoms with van der Waals surface area (Å²) in [6.07, 6.45) is -16.2. The molecule has 0 aliphatic rings. The molecule has 19 heavy (non-hydrogen) atoms. The second kappa shape index (κ2) is 4.58. The van der Waals surface area contributed by atoms with E-state index < -0.39 is 37.2 Å². The fourth-order valence-electron chi connectivity index (χ4n) is 1.69. The van der Waals surface area contributed by atoms with Gasteiger partial charge in [-0.2, -0.15) is 0 Å². The first kappa shape index (κ1) is 16.1. The summed E-state index contributed by atoms with van der Waals surface area (Å²) in [6.45, 7) is 0. The van der Waals surface area contributed by atoms with E-state index in [2.05, 4.69) is 0 Å². The van der Waals surface area contributed by atoms with Crippen molar-refractivity contribution in [3.05, 3.63) is 30.3 Å². The zero-order chi connectivity index (χ0) is 15.0. The van der Waals surface area contributed by atoms with Crippen molar-refractivity contribution in [2.45, 2.75) is 12.4 Å². The van der Waals surface area contributed by atoms with Crippen molar-refractivity contribution in [1.29, 1.82) is 0 Å². The van der Waals surface area contributed by atoms with Crippen LogP contribution in [0.15, 0.2) is 30.3 Å². The molecule has 0 nitrogen and oxygen atoms in total. The van der Waals surface area contributed by atoms with Crippen molar-refractivity contribution < 1.29 is 34.7 Å². The Morgan fingerprint density at radius 2 is 1.11 bits per heavy atom. The number of rotatable bonds is 3. The van der Waals surface area contributed by atoms with E-state index in [9.17, 15) is 34.7 Å². The van der Waals surface area contributed by atoms with E-state index >= 15 is 0 Å². The molecule has 1 aromatic carbocycles. The molecule has 0 aliphatic carbocycles. The molecule has 0 amide bonds. The summed E-state index contributed by atoms with van der Waals surface area (Å²) in [7, 11) is -7.13. The van der Waals surface area contributed by atoms with Crippen LogP contribution in [0.5, 0.6) is 0 Å². The van der Waals surface area contributed by atoms with Crippen LogP contribution in [0.1, 0.15) is 0 Å². The number of hydrogen-bond acceptors (Lipinski definition) is 0. The van der Waals surface area contributed by atoms with E-state index in [0.717, 1.165) is 12.1 Å². The zero-order valence-electron chi connectivity index (χ0n) is 9.27. The summed E-state index contributed by atoms with van der Waals surface area (Å²) in [5, 5.41) is -1.18. The van der Waals surface area contributed by atoms with E-state index in [0.29, 0.717) is 12.1 Å². The molecule has 0 saturated heterocycles. The van der Waals surface area contributed by atoms with Gasteiger partial charge in [0.05, 0.1) is 0 Å². The van der Waals surface area contributed by atoms with Gasteiger partial charge in [0.2, 0.25) is 0 Å². The van der Waals surface area contributed by atoms with Gasteiger partial charge in [-0.1, -0.05) is 0 Å². The number of alkyl halides is 6. The normalized spacial score (nSPS) is 15.9. The monoisotopic (exact) mass is 312 g/mol. The Hall–Kier alpha value is -0.910. The molecular weight excluding hydrogens is 303 g/mol. The van der Waals surface area contributed by atoms with Crippen LogP contribution >= 0.6 is 7.22 Å². The summed E-state index contributed by atoms with van der Waals surface area (Å²) >= 11 is 0. The molecule has 110 valence electrons. The van der Waals surface area contributed by atoms with Crippen molar-refractivity contribution in [3.63, 3.8) is 0 Å². The summed E-state index contributed by atoms with van der Waals surface area (Å²) in [5.41, 5.74) is 0. The predicted molar refractivity (Wildman–Crippen MR) is 57.1 cm³/mol. The molecule has 0 saturated carbocycles. The summed E-state index contributed by atoms with van der Waals surface area (Å²) in [6, 6.07) is 4.43. The number of halogens is 8. The molecule has 1 rings (SSSR count). The van der Waals surface area contributed by atoms with Gasteiger partial charge < -0.3 is 0 Å². The van der Waals surface area contributed by atoms with Crippen molar-refractivity contribution in [2.75, 3.05) is 12.3 Å². The summed E-state index contributed by atoms with van der Waals surface area (Å²) in [5.74, 6) is 0. The van der Waals surface area contributed by atoms with E-state index in [1.165, 1.54) is 6.07 Å². The predicted octanol–water partition coefficient (Wildman–Crippen LogP) is 4.76. The van der Waals surface area contributed by atoms with Gasteiger partial charge in [0.1, 0.15) is 0 Å². The third kappa shape index (κ3) is 4.60. The van der Waals surface area contributed by atoms with Gasteiger partial charge in [0.25, 0.3) is 0 Å². The van der Waals surface area contributed by atoms with Gasteiger partial charge in [-0.25, -0.2) is 0 Å². The fraction of sp³-hybridized carbons (Fsp3) is 0.400. The SMILES string of the molecule is FC(F)(F)CP(F)(F)(CC(F)(F)F)c1ccccc1. The van der Waals surface area contributed by atoms with Crippen LogP contribution in [0.4, 0.5) is 34.7 Å². The van der Waals surface area contributed by atoms with Crippen LogP contribution in [0.25, 0.3) is 0 Å². The van der Waals surface area contributed by atoms with E-state index in [4.69, 9.17) is 0 Å². The molecule has 0 aromatic heterocycles. The Kier molecular flexibility index (Phi) is 3.89.